The van der Waals surface area contributed by atoms with E-state index in [1.165, 1.54) is 6.07 Å². The van der Waals surface area contributed by atoms with Crippen molar-refractivity contribution in [2.45, 2.75) is 26.1 Å². The summed E-state index contributed by atoms with van der Waals surface area (Å²) in [7, 11) is 2.00. The largest absolute Gasteiger partial charge is 0.463 e. The number of esters is 1. The molecule has 0 aromatic heterocycles. The fourth-order valence-corrected chi connectivity index (χ4v) is 3.88. The zero-order valence-corrected chi connectivity index (χ0v) is 16.7. The minimum absolute atomic E-state index is 0.0580. The van der Waals surface area contributed by atoms with E-state index in [0.717, 1.165) is 22.4 Å². The summed E-state index contributed by atoms with van der Waals surface area (Å²) in [4.78, 5) is 16.3. The zero-order chi connectivity index (χ0) is 20.5. The Balaban J connectivity index is 1.69. The van der Waals surface area contributed by atoms with Gasteiger partial charge in [0.1, 0.15) is 5.82 Å². The van der Waals surface area contributed by atoms with Crippen LogP contribution in [0.25, 0.3) is 0 Å². The van der Waals surface area contributed by atoms with E-state index in [-0.39, 0.29) is 17.8 Å². The van der Waals surface area contributed by atoms with E-state index >= 15 is 0 Å². The molecular formula is C23H24FN3O2. The van der Waals surface area contributed by atoms with Gasteiger partial charge in [-0.05, 0) is 60.5 Å². The summed E-state index contributed by atoms with van der Waals surface area (Å²) in [5.41, 5.74) is 4.60. The molecule has 150 valence electrons. The number of carbonyl (C=O) groups excluding carboxylic acids is 1. The first-order chi connectivity index (χ1) is 14.0. The lowest BCUT2D eigenvalue weighted by Crippen LogP contribution is -2.42. The average molecular weight is 393 g/mol. The number of ether oxygens (including phenoxy) is 1. The highest BCUT2D eigenvalue weighted by Crippen LogP contribution is 2.38. The first-order valence-corrected chi connectivity index (χ1v) is 9.67. The highest BCUT2D eigenvalue weighted by Gasteiger charge is 2.34. The predicted molar refractivity (Wildman–Crippen MR) is 110 cm³/mol. The number of fused-ring (bicyclic) bond motifs is 1. The SMILES string of the molecule is CCOC(=O)C1NC=C2C=CC(C3=CC=CN(C)C3c3ccc(F)c(C)c3)=CN21. The van der Waals surface area contributed by atoms with Gasteiger partial charge in [0.05, 0.1) is 18.3 Å². The van der Waals surface area contributed by atoms with Crippen molar-refractivity contribution in [2.75, 3.05) is 13.7 Å². The van der Waals surface area contributed by atoms with Crippen LogP contribution in [0.5, 0.6) is 0 Å². The fraction of sp³-hybridized carbons (Fsp3) is 0.261. The fourth-order valence-electron chi connectivity index (χ4n) is 3.88. The van der Waals surface area contributed by atoms with Crippen molar-refractivity contribution in [2.24, 2.45) is 0 Å². The quantitative estimate of drug-likeness (QED) is 0.791. The maximum absolute atomic E-state index is 13.8. The number of likely N-dealkylation sites (N-methyl/N-ethyl adjacent to an activating group) is 1. The molecule has 3 aliphatic heterocycles. The second-order valence-corrected chi connectivity index (χ2v) is 7.26. The molecule has 29 heavy (non-hydrogen) atoms. The first-order valence-electron chi connectivity index (χ1n) is 9.67. The number of aryl methyl sites for hydroxylation is 1. The van der Waals surface area contributed by atoms with Gasteiger partial charge in [-0.2, -0.15) is 0 Å². The number of hydrogen-bond donors (Lipinski definition) is 1. The van der Waals surface area contributed by atoms with Gasteiger partial charge in [0.15, 0.2) is 0 Å². The summed E-state index contributed by atoms with van der Waals surface area (Å²) >= 11 is 0. The van der Waals surface area contributed by atoms with E-state index in [4.69, 9.17) is 4.74 Å². The Morgan fingerprint density at radius 3 is 2.90 bits per heavy atom. The molecule has 0 bridgehead atoms. The Kier molecular flexibility index (Phi) is 5.01. The number of nitrogens with zero attached hydrogens (tertiary/aromatic N) is 2. The van der Waals surface area contributed by atoms with Crippen molar-refractivity contribution >= 4 is 5.97 Å². The third-order valence-corrected chi connectivity index (χ3v) is 5.32. The lowest BCUT2D eigenvalue weighted by Gasteiger charge is -2.35. The number of hydrogen-bond acceptors (Lipinski definition) is 5. The van der Waals surface area contributed by atoms with Crippen molar-refractivity contribution in [3.05, 3.63) is 94.9 Å². The van der Waals surface area contributed by atoms with Crippen LogP contribution in [0.3, 0.4) is 0 Å². The van der Waals surface area contributed by atoms with Gasteiger partial charge in [-0.1, -0.05) is 24.3 Å². The molecule has 1 N–H and O–H groups in total. The zero-order valence-electron chi connectivity index (χ0n) is 16.7. The molecule has 4 rings (SSSR count). The van der Waals surface area contributed by atoms with E-state index in [0.29, 0.717) is 12.2 Å². The molecular weight excluding hydrogens is 369 g/mol. The van der Waals surface area contributed by atoms with E-state index in [1.807, 2.05) is 60.9 Å². The molecule has 2 unspecified atom stereocenters. The number of halogens is 1. The van der Waals surface area contributed by atoms with Gasteiger partial charge in [0, 0.05) is 19.4 Å². The summed E-state index contributed by atoms with van der Waals surface area (Å²) in [6.07, 6.45) is 13.3. The second-order valence-electron chi connectivity index (χ2n) is 7.26. The Hall–Kier alpha value is -3.28. The lowest BCUT2D eigenvalue weighted by atomic mass is 9.88. The number of benzene rings is 1. The number of rotatable bonds is 4. The van der Waals surface area contributed by atoms with Crippen LogP contribution in [-0.4, -0.2) is 35.6 Å². The van der Waals surface area contributed by atoms with Crippen LogP contribution in [0, 0.1) is 12.7 Å². The topological polar surface area (TPSA) is 44.8 Å². The minimum Gasteiger partial charge on any atom is -0.463 e. The van der Waals surface area contributed by atoms with Crippen molar-refractivity contribution in [3.8, 4) is 0 Å². The molecule has 6 heteroatoms. The van der Waals surface area contributed by atoms with Gasteiger partial charge in [0.2, 0.25) is 6.17 Å². The van der Waals surface area contributed by atoms with Crippen molar-refractivity contribution in [1.82, 2.24) is 15.1 Å². The van der Waals surface area contributed by atoms with Crippen molar-refractivity contribution < 1.29 is 13.9 Å². The van der Waals surface area contributed by atoms with Crippen LogP contribution in [0.15, 0.2) is 77.9 Å². The number of carbonyl (C=O) groups is 1. The van der Waals surface area contributed by atoms with Crippen LogP contribution < -0.4 is 5.32 Å². The monoisotopic (exact) mass is 393 g/mol. The molecule has 0 radical (unpaired) electrons. The van der Waals surface area contributed by atoms with E-state index in [1.54, 1.807) is 13.8 Å². The summed E-state index contributed by atoms with van der Waals surface area (Å²) in [6, 6.07) is 5.17. The number of allylic oxidation sites excluding steroid dienone is 4. The van der Waals surface area contributed by atoms with E-state index < -0.39 is 6.17 Å². The highest BCUT2D eigenvalue weighted by atomic mass is 19.1. The predicted octanol–water partition coefficient (Wildman–Crippen LogP) is 3.65. The van der Waals surface area contributed by atoms with Gasteiger partial charge in [0.25, 0.3) is 0 Å². The molecule has 2 atom stereocenters. The molecule has 0 spiro atoms. The lowest BCUT2D eigenvalue weighted by molar-refractivity contribution is -0.148. The van der Waals surface area contributed by atoms with Crippen LogP contribution in [0.1, 0.15) is 24.1 Å². The molecule has 0 fully saturated rings. The minimum atomic E-state index is -0.575. The Morgan fingerprint density at radius 2 is 2.14 bits per heavy atom. The van der Waals surface area contributed by atoms with Crippen LogP contribution in [-0.2, 0) is 9.53 Å². The van der Waals surface area contributed by atoms with Gasteiger partial charge in [-0.15, -0.1) is 0 Å². The molecule has 1 aromatic carbocycles. The molecule has 0 aliphatic carbocycles. The third kappa shape index (κ3) is 3.46. The van der Waals surface area contributed by atoms with Crippen molar-refractivity contribution in [1.29, 1.82) is 0 Å². The Labute approximate surface area is 170 Å². The van der Waals surface area contributed by atoms with E-state index in [2.05, 4.69) is 16.3 Å². The Bertz CT molecular complexity index is 990. The molecule has 3 aliphatic rings. The summed E-state index contributed by atoms with van der Waals surface area (Å²) in [5.74, 6) is -0.523. The second kappa shape index (κ2) is 7.62. The summed E-state index contributed by atoms with van der Waals surface area (Å²) in [6.45, 7) is 3.90. The van der Waals surface area contributed by atoms with Gasteiger partial charge < -0.3 is 19.9 Å². The smallest absolute Gasteiger partial charge is 0.350 e. The van der Waals surface area contributed by atoms with Crippen LogP contribution in [0.2, 0.25) is 0 Å². The maximum atomic E-state index is 13.8. The Morgan fingerprint density at radius 1 is 1.31 bits per heavy atom. The summed E-state index contributed by atoms with van der Waals surface area (Å²) < 4.78 is 19.0. The van der Waals surface area contributed by atoms with E-state index in [9.17, 15) is 9.18 Å². The molecule has 5 nitrogen and oxygen atoms in total. The van der Waals surface area contributed by atoms with Gasteiger partial charge in [-0.3, -0.25) is 0 Å². The van der Waals surface area contributed by atoms with Gasteiger partial charge >= 0.3 is 5.97 Å². The molecule has 3 heterocycles. The molecule has 0 saturated heterocycles. The highest BCUT2D eigenvalue weighted by molar-refractivity contribution is 5.77. The van der Waals surface area contributed by atoms with Crippen molar-refractivity contribution in [3.63, 3.8) is 0 Å². The first kappa shape index (κ1) is 19.1. The maximum Gasteiger partial charge on any atom is 0.350 e. The van der Waals surface area contributed by atoms with Crippen LogP contribution in [0.4, 0.5) is 4.39 Å². The number of nitrogens with one attached hydrogen (secondary N) is 1. The van der Waals surface area contributed by atoms with Gasteiger partial charge in [-0.25, -0.2) is 9.18 Å². The third-order valence-electron chi connectivity index (χ3n) is 5.32. The van der Waals surface area contributed by atoms with Crippen LogP contribution >= 0.6 is 0 Å². The average Bonchev–Trinajstić information content (AvgIpc) is 3.13. The normalized spacial score (nSPS) is 22.6. The summed E-state index contributed by atoms with van der Waals surface area (Å²) in [5, 5.41) is 3.08. The molecule has 1 aromatic rings. The molecule has 0 amide bonds. The standard InChI is InChI=1S/C23H24FN3O2/c1-4-29-23(28)22-25-13-18-9-7-17(14-27(18)22)19-6-5-11-26(3)21(19)16-8-10-20(24)15(2)12-16/h5-14,21-22,25H,4H2,1-3H3. The molecule has 0 saturated carbocycles.